The summed E-state index contributed by atoms with van der Waals surface area (Å²) in [4.78, 5) is 12.2. The van der Waals surface area contributed by atoms with Crippen LogP contribution in [0.1, 0.15) is 11.3 Å². The zero-order valence-corrected chi connectivity index (χ0v) is 12.9. The molecule has 1 aromatic heterocycles. The molecule has 1 aliphatic rings. The van der Waals surface area contributed by atoms with Crippen LogP contribution in [0.15, 0.2) is 66.9 Å². The Balaban J connectivity index is 1.80. The Bertz CT molecular complexity index is 923. The first-order chi connectivity index (χ1) is 11.2. The van der Waals surface area contributed by atoms with Crippen molar-refractivity contribution in [3.05, 3.63) is 83.1 Å². The lowest BCUT2D eigenvalue weighted by atomic mass is 10.1. The van der Waals surface area contributed by atoms with Gasteiger partial charge in [0.25, 0.3) is 5.91 Å². The molecule has 1 aliphatic heterocycles. The number of hydrogen-bond acceptors (Lipinski definition) is 1. The number of anilines is 1. The van der Waals surface area contributed by atoms with Gasteiger partial charge in [0.2, 0.25) is 0 Å². The van der Waals surface area contributed by atoms with E-state index in [0.29, 0.717) is 10.6 Å². The number of benzene rings is 2. The number of hydrogen-bond donors (Lipinski definition) is 1. The third-order valence-corrected chi connectivity index (χ3v) is 4.14. The first kappa shape index (κ1) is 13.9. The number of halogens is 1. The minimum atomic E-state index is -0.0740. The van der Waals surface area contributed by atoms with Crippen molar-refractivity contribution in [1.82, 2.24) is 4.57 Å². The van der Waals surface area contributed by atoms with Gasteiger partial charge in [-0.2, -0.15) is 0 Å². The largest absolute Gasteiger partial charge is 0.321 e. The van der Waals surface area contributed by atoms with Crippen molar-refractivity contribution in [3.63, 3.8) is 0 Å². The van der Waals surface area contributed by atoms with E-state index in [2.05, 4.69) is 5.32 Å². The maximum atomic E-state index is 12.2. The summed E-state index contributed by atoms with van der Waals surface area (Å²) < 4.78 is 2.03. The molecule has 0 saturated carbocycles. The molecule has 0 spiro atoms. The Morgan fingerprint density at radius 2 is 1.74 bits per heavy atom. The van der Waals surface area contributed by atoms with Crippen molar-refractivity contribution in [3.8, 4) is 5.69 Å². The molecule has 23 heavy (non-hydrogen) atoms. The summed E-state index contributed by atoms with van der Waals surface area (Å²) in [7, 11) is 0. The smallest absolute Gasteiger partial charge is 0.256 e. The molecule has 3 nitrogen and oxygen atoms in total. The van der Waals surface area contributed by atoms with Crippen LogP contribution in [-0.4, -0.2) is 10.5 Å². The zero-order chi connectivity index (χ0) is 15.8. The average molecular weight is 321 g/mol. The first-order valence-electron chi connectivity index (χ1n) is 7.28. The minimum Gasteiger partial charge on any atom is -0.321 e. The number of amides is 1. The number of aromatic nitrogens is 1. The van der Waals surface area contributed by atoms with Gasteiger partial charge in [-0.15, -0.1) is 0 Å². The van der Waals surface area contributed by atoms with Gasteiger partial charge >= 0.3 is 0 Å². The molecule has 2 heterocycles. The van der Waals surface area contributed by atoms with Crippen molar-refractivity contribution >= 4 is 34.8 Å². The molecule has 0 fully saturated rings. The molecule has 3 aromatic rings. The van der Waals surface area contributed by atoms with Gasteiger partial charge in [-0.1, -0.05) is 29.8 Å². The van der Waals surface area contributed by atoms with E-state index in [9.17, 15) is 4.79 Å². The van der Waals surface area contributed by atoms with E-state index < -0.39 is 0 Å². The second-order valence-electron chi connectivity index (χ2n) is 5.34. The third-order valence-electron chi connectivity index (χ3n) is 3.89. The highest BCUT2D eigenvalue weighted by Gasteiger charge is 2.23. The lowest BCUT2D eigenvalue weighted by Gasteiger charge is -2.07. The fraction of sp³-hybridized carbons (Fsp3) is 0. The van der Waals surface area contributed by atoms with E-state index in [4.69, 9.17) is 11.6 Å². The lowest BCUT2D eigenvalue weighted by molar-refractivity contribution is -0.110. The van der Waals surface area contributed by atoms with Gasteiger partial charge in [-0.3, -0.25) is 4.79 Å². The van der Waals surface area contributed by atoms with Gasteiger partial charge in [-0.25, -0.2) is 0 Å². The van der Waals surface area contributed by atoms with Crippen molar-refractivity contribution in [2.75, 3.05) is 5.32 Å². The molecule has 2 aromatic carbocycles. The monoisotopic (exact) mass is 320 g/mol. The number of fused-ring (bicyclic) bond motifs is 1. The average Bonchev–Trinajstić information content (AvgIpc) is 3.14. The topological polar surface area (TPSA) is 34.0 Å². The standard InChI is InChI=1S/C19H13ClN2O/c20-13-7-9-14(10-8-13)22-11-3-4-15(22)12-17-16-5-1-2-6-18(16)21-19(17)23/h1-12H,(H,21,23)/b17-12-. The second-order valence-corrected chi connectivity index (χ2v) is 5.77. The highest BCUT2D eigenvalue weighted by atomic mass is 35.5. The van der Waals surface area contributed by atoms with Crippen molar-refractivity contribution < 1.29 is 4.79 Å². The SMILES string of the molecule is O=C1Nc2ccccc2/C1=C/c1cccn1-c1ccc(Cl)cc1. The fourth-order valence-electron chi connectivity index (χ4n) is 2.78. The van der Waals surface area contributed by atoms with E-state index in [1.807, 2.05) is 77.5 Å². The Labute approximate surface area is 138 Å². The van der Waals surface area contributed by atoms with Gasteiger partial charge in [0.05, 0.1) is 5.57 Å². The summed E-state index contributed by atoms with van der Waals surface area (Å²) >= 11 is 5.95. The Hall–Kier alpha value is -2.78. The molecular formula is C19H13ClN2O. The summed E-state index contributed by atoms with van der Waals surface area (Å²) in [5, 5.41) is 3.59. The second kappa shape index (κ2) is 5.45. The Kier molecular flexibility index (Phi) is 3.28. The van der Waals surface area contributed by atoms with Crippen LogP contribution in [0.25, 0.3) is 17.3 Å². The zero-order valence-electron chi connectivity index (χ0n) is 12.2. The summed E-state index contributed by atoms with van der Waals surface area (Å²) in [5.41, 5.74) is 4.40. The summed E-state index contributed by atoms with van der Waals surface area (Å²) in [6.45, 7) is 0. The Morgan fingerprint density at radius 3 is 2.57 bits per heavy atom. The summed E-state index contributed by atoms with van der Waals surface area (Å²) in [5.74, 6) is -0.0740. The van der Waals surface area contributed by atoms with Gasteiger partial charge in [0, 0.05) is 33.9 Å². The molecular weight excluding hydrogens is 308 g/mol. The van der Waals surface area contributed by atoms with Gasteiger partial charge in [0.15, 0.2) is 0 Å². The number of carbonyl (C=O) groups excluding carboxylic acids is 1. The number of nitrogens with zero attached hydrogens (tertiary/aromatic N) is 1. The maximum absolute atomic E-state index is 12.2. The molecule has 4 heteroatoms. The molecule has 0 saturated heterocycles. The van der Waals surface area contributed by atoms with Crippen LogP contribution in [0.4, 0.5) is 5.69 Å². The van der Waals surface area contributed by atoms with Crippen LogP contribution in [0.2, 0.25) is 5.02 Å². The van der Waals surface area contributed by atoms with E-state index in [0.717, 1.165) is 22.6 Å². The number of para-hydroxylation sites is 1. The van der Waals surface area contributed by atoms with Crippen LogP contribution < -0.4 is 5.32 Å². The third kappa shape index (κ3) is 2.45. The van der Waals surface area contributed by atoms with Crippen LogP contribution in [0.3, 0.4) is 0 Å². The molecule has 0 radical (unpaired) electrons. The Morgan fingerprint density at radius 1 is 0.957 bits per heavy atom. The highest BCUT2D eigenvalue weighted by Crippen LogP contribution is 2.33. The van der Waals surface area contributed by atoms with Crippen LogP contribution in [0, 0.1) is 0 Å². The molecule has 0 aliphatic carbocycles. The summed E-state index contributed by atoms with van der Waals surface area (Å²) in [6.07, 6.45) is 3.88. The first-order valence-corrected chi connectivity index (χ1v) is 7.66. The van der Waals surface area contributed by atoms with E-state index in [1.54, 1.807) is 0 Å². The fourth-order valence-corrected chi connectivity index (χ4v) is 2.90. The minimum absolute atomic E-state index is 0.0740. The normalized spacial score (nSPS) is 14.8. The molecule has 0 bridgehead atoms. The van der Waals surface area contributed by atoms with Crippen molar-refractivity contribution in [2.45, 2.75) is 0 Å². The van der Waals surface area contributed by atoms with Gasteiger partial charge < -0.3 is 9.88 Å². The van der Waals surface area contributed by atoms with Crippen LogP contribution in [0.5, 0.6) is 0 Å². The van der Waals surface area contributed by atoms with Crippen LogP contribution >= 0.6 is 11.6 Å². The van der Waals surface area contributed by atoms with Crippen molar-refractivity contribution in [2.24, 2.45) is 0 Å². The molecule has 4 rings (SSSR count). The highest BCUT2D eigenvalue weighted by molar-refractivity contribution is 6.34. The molecule has 1 N–H and O–H groups in total. The van der Waals surface area contributed by atoms with E-state index in [1.165, 1.54) is 0 Å². The predicted octanol–water partition coefficient (Wildman–Crippen LogP) is 4.62. The molecule has 0 atom stereocenters. The van der Waals surface area contributed by atoms with E-state index >= 15 is 0 Å². The van der Waals surface area contributed by atoms with Gasteiger partial charge in [0.1, 0.15) is 0 Å². The predicted molar refractivity (Wildman–Crippen MR) is 93.7 cm³/mol. The lowest BCUT2D eigenvalue weighted by Crippen LogP contribution is -2.04. The molecule has 1 amide bonds. The quantitative estimate of drug-likeness (QED) is 0.687. The van der Waals surface area contributed by atoms with Gasteiger partial charge in [-0.05, 0) is 48.5 Å². The molecule has 112 valence electrons. The number of carbonyl (C=O) groups is 1. The number of rotatable bonds is 2. The number of nitrogens with one attached hydrogen (secondary N) is 1. The molecule has 0 unspecified atom stereocenters. The van der Waals surface area contributed by atoms with Crippen molar-refractivity contribution in [1.29, 1.82) is 0 Å². The maximum Gasteiger partial charge on any atom is 0.256 e. The summed E-state index contributed by atoms with van der Waals surface area (Å²) in [6, 6.07) is 19.3. The van der Waals surface area contributed by atoms with E-state index in [-0.39, 0.29) is 5.91 Å². The van der Waals surface area contributed by atoms with Crippen LogP contribution in [-0.2, 0) is 4.79 Å².